The number of sulfonamides is 1. The number of amides is 1. The SMILES string of the molecule is C[C@H](C(=O)N[C@@H]1CCN(c2ccc(S(=O)(=O)Nc3ncns3)cc2)C1)C1C=Cc2c(F)cccc21. The third-order valence-electron chi connectivity index (χ3n) is 6.50. The Morgan fingerprint density at radius 3 is 2.77 bits per heavy atom. The van der Waals surface area contributed by atoms with E-state index in [1.165, 1.54) is 12.4 Å². The molecule has 2 aliphatic rings. The van der Waals surface area contributed by atoms with Gasteiger partial charge in [-0.05, 0) is 42.3 Å². The van der Waals surface area contributed by atoms with Gasteiger partial charge in [0.25, 0.3) is 10.0 Å². The number of nitrogens with one attached hydrogen (secondary N) is 2. The van der Waals surface area contributed by atoms with Gasteiger partial charge in [0.1, 0.15) is 12.1 Å². The van der Waals surface area contributed by atoms with Crippen LogP contribution >= 0.6 is 11.5 Å². The van der Waals surface area contributed by atoms with Crippen molar-refractivity contribution < 1.29 is 17.6 Å². The van der Waals surface area contributed by atoms with E-state index in [4.69, 9.17) is 0 Å². The Labute approximate surface area is 207 Å². The van der Waals surface area contributed by atoms with E-state index in [0.29, 0.717) is 12.1 Å². The molecule has 182 valence electrons. The average Bonchev–Trinajstić information content (AvgIpc) is 3.60. The van der Waals surface area contributed by atoms with E-state index in [1.54, 1.807) is 36.4 Å². The molecule has 5 rings (SSSR count). The van der Waals surface area contributed by atoms with Crippen molar-refractivity contribution in [3.05, 3.63) is 71.8 Å². The first-order valence-corrected chi connectivity index (χ1v) is 13.5. The number of halogens is 1. The zero-order valence-electron chi connectivity index (χ0n) is 18.9. The fraction of sp³-hybridized carbons (Fsp3) is 0.292. The molecule has 0 saturated carbocycles. The molecule has 11 heteroatoms. The quantitative estimate of drug-likeness (QED) is 0.500. The Morgan fingerprint density at radius 1 is 1.23 bits per heavy atom. The van der Waals surface area contributed by atoms with Crippen LogP contribution in [0.2, 0.25) is 0 Å². The number of hydrogen-bond donors (Lipinski definition) is 2. The molecular formula is C24H24FN5O3S2. The van der Waals surface area contributed by atoms with Gasteiger partial charge in [0.2, 0.25) is 11.0 Å². The molecule has 35 heavy (non-hydrogen) atoms. The van der Waals surface area contributed by atoms with Crippen LogP contribution in [0.5, 0.6) is 0 Å². The summed E-state index contributed by atoms with van der Waals surface area (Å²) in [7, 11) is -3.74. The second-order valence-electron chi connectivity index (χ2n) is 8.70. The van der Waals surface area contributed by atoms with Gasteiger partial charge in [-0.3, -0.25) is 9.52 Å². The molecule has 2 aromatic carbocycles. The Balaban J connectivity index is 1.19. The lowest BCUT2D eigenvalue weighted by atomic mass is 9.88. The summed E-state index contributed by atoms with van der Waals surface area (Å²) >= 11 is 0.966. The first-order chi connectivity index (χ1) is 16.8. The number of hydrogen-bond acceptors (Lipinski definition) is 7. The normalized spacial score (nSPS) is 20.0. The first kappa shape index (κ1) is 23.4. The number of carbonyl (C=O) groups is 1. The van der Waals surface area contributed by atoms with Crippen molar-refractivity contribution in [2.75, 3.05) is 22.7 Å². The van der Waals surface area contributed by atoms with Crippen LogP contribution in [0.3, 0.4) is 0 Å². The minimum Gasteiger partial charge on any atom is -0.369 e. The van der Waals surface area contributed by atoms with Crippen molar-refractivity contribution in [1.82, 2.24) is 14.7 Å². The van der Waals surface area contributed by atoms with Crippen LogP contribution in [0.25, 0.3) is 6.08 Å². The van der Waals surface area contributed by atoms with Crippen molar-refractivity contribution in [1.29, 1.82) is 0 Å². The summed E-state index contributed by atoms with van der Waals surface area (Å²) in [5.41, 5.74) is 2.29. The molecule has 0 bridgehead atoms. The molecule has 0 radical (unpaired) electrons. The van der Waals surface area contributed by atoms with Gasteiger partial charge in [-0.2, -0.15) is 4.37 Å². The van der Waals surface area contributed by atoms with Crippen molar-refractivity contribution in [2.24, 2.45) is 5.92 Å². The largest absolute Gasteiger partial charge is 0.369 e. The number of benzene rings is 2. The fourth-order valence-electron chi connectivity index (χ4n) is 4.60. The summed E-state index contributed by atoms with van der Waals surface area (Å²) in [6.45, 7) is 3.23. The molecule has 2 heterocycles. The van der Waals surface area contributed by atoms with Gasteiger partial charge in [-0.1, -0.05) is 31.2 Å². The van der Waals surface area contributed by atoms with E-state index in [2.05, 4.69) is 24.3 Å². The van der Waals surface area contributed by atoms with Crippen LogP contribution < -0.4 is 14.9 Å². The van der Waals surface area contributed by atoms with Crippen molar-refractivity contribution in [3.8, 4) is 0 Å². The predicted molar refractivity (Wildman–Crippen MR) is 133 cm³/mol. The zero-order valence-corrected chi connectivity index (χ0v) is 20.5. The fourth-order valence-corrected chi connectivity index (χ4v) is 6.26. The van der Waals surface area contributed by atoms with Crippen molar-refractivity contribution in [2.45, 2.75) is 30.2 Å². The molecule has 3 atom stereocenters. The van der Waals surface area contributed by atoms with Crippen molar-refractivity contribution >= 4 is 44.4 Å². The Bertz CT molecular complexity index is 1360. The van der Waals surface area contributed by atoms with Crippen LogP contribution in [-0.4, -0.2) is 42.8 Å². The van der Waals surface area contributed by atoms with E-state index in [-0.39, 0.29) is 39.6 Å². The monoisotopic (exact) mass is 513 g/mol. The Hall–Kier alpha value is -3.31. The molecular weight excluding hydrogens is 489 g/mol. The maximum atomic E-state index is 14.0. The molecule has 1 aliphatic heterocycles. The molecule has 1 fully saturated rings. The van der Waals surface area contributed by atoms with E-state index in [9.17, 15) is 17.6 Å². The van der Waals surface area contributed by atoms with Crippen LogP contribution in [0.15, 0.2) is 59.8 Å². The first-order valence-electron chi connectivity index (χ1n) is 11.2. The second-order valence-corrected chi connectivity index (χ2v) is 11.2. The lowest BCUT2D eigenvalue weighted by Crippen LogP contribution is -2.41. The van der Waals surface area contributed by atoms with E-state index >= 15 is 0 Å². The smallest absolute Gasteiger partial charge is 0.263 e. The summed E-state index contributed by atoms with van der Waals surface area (Å²) in [5.74, 6) is -0.808. The number of fused-ring (bicyclic) bond motifs is 1. The molecule has 1 aliphatic carbocycles. The van der Waals surface area contributed by atoms with Gasteiger partial charge in [-0.15, -0.1) is 0 Å². The highest BCUT2D eigenvalue weighted by atomic mass is 32.2. The summed E-state index contributed by atoms with van der Waals surface area (Å²) in [4.78, 5) is 19.1. The number of aromatic nitrogens is 2. The van der Waals surface area contributed by atoms with Gasteiger partial charge in [0, 0.05) is 53.8 Å². The molecule has 0 spiro atoms. The Morgan fingerprint density at radius 2 is 2.03 bits per heavy atom. The number of allylic oxidation sites excluding steroid dienone is 1. The summed E-state index contributed by atoms with van der Waals surface area (Å²) in [6, 6.07) is 11.6. The zero-order chi connectivity index (χ0) is 24.6. The summed E-state index contributed by atoms with van der Waals surface area (Å²) in [6.07, 6.45) is 5.72. The highest BCUT2D eigenvalue weighted by Crippen LogP contribution is 2.37. The van der Waals surface area contributed by atoms with Gasteiger partial charge in [0.15, 0.2) is 0 Å². The van der Waals surface area contributed by atoms with Gasteiger partial charge >= 0.3 is 0 Å². The van der Waals surface area contributed by atoms with Gasteiger partial charge < -0.3 is 10.2 Å². The van der Waals surface area contributed by atoms with Crippen molar-refractivity contribution in [3.63, 3.8) is 0 Å². The lowest BCUT2D eigenvalue weighted by molar-refractivity contribution is -0.125. The minimum atomic E-state index is -3.74. The van der Waals surface area contributed by atoms with Gasteiger partial charge in [0.05, 0.1) is 4.90 Å². The molecule has 1 amide bonds. The Kier molecular flexibility index (Phi) is 6.28. The number of carbonyl (C=O) groups excluding carboxylic acids is 1. The molecule has 1 saturated heterocycles. The van der Waals surface area contributed by atoms with Crippen LogP contribution in [0, 0.1) is 11.7 Å². The maximum Gasteiger partial charge on any atom is 0.263 e. The number of rotatable bonds is 7. The number of nitrogens with zero attached hydrogens (tertiary/aromatic N) is 3. The molecule has 8 nitrogen and oxygen atoms in total. The maximum absolute atomic E-state index is 14.0. The highest BCUT2D eigenvalue weighted by molar-refractivity contribution is 7.93. The standard InChI is InChI=1S/C24H24FN5O3S2/c1-15(19-9-10-21-20(19)3-2-4-22(21)25)23(31)28-16-11-12-30(13-16)17-5-7-18(8-6-17)35(32,33)29-24-26-14-27-34-24/h2-10,14-16,19H,11-13H2,1H3,(H,28,31)(H,26,27,29)/t15-,16+,19?/m0/s1. The third kappa shape index (κ3) is 4.78. The molecule has 2 N–H and O–H groups in total. The van der Waals surface area contributed by atoms with Crippen LogP contribution in [0.4, 0.5) is 15.2 Å². The van der Waals surface area contributed by atoms with E-state index < -0.39 is 10.0 Å². The minimum absolute atomic E-state index is 0.0233. The molecule has 1 unspecified atom stereocenters. The van der Waals surface area contributed by atoms with E-state index in [0.717, 1.165) is 35.7 Å². The van der Waals surface area contributed by atoms with Gasteiger partial charge in [-0.25, -0.2) is 17.8 Å². The van der Waals surface area contributed by atoms with Crippen LogP contribution in [-0.2, 0) is 14.8 Å². The van der Waals surface area contributed by atoms with E-state index in [1.807, 2.05) is 19.1 Å². The lowest BCUT2D eigenvalue weighted by Gasteiger charge is -2.23. The predicted octanol–water partition coefficient (Wildman–Crippen LogP) is 3.62. The third-order valence-corrected chi connectivity index (χ3v) is 8.56. The molecule has 3 aromatic rings. The summed E-state index contributed by atoms with van der Waals surface area (Å²) < 4.78 is 45.3. The topological polar surface area (TPSA) is 104 Å². The molecule has 1 aromatic heterocycles. The highest BCUT2D eigenvalue weighted by Gasteiger charge is 2.32. The number of anilines is 2. The summed E-state index contributed by atoms with van der Waals surface area (Å²) in [5, 5.41) is 3.35. The second kappa shape index (κ2) is 9.38. The van der Waals surface area contributed by atoms with Crippen LogP contribution in [0.1, 0.15) is 30.4 Å². The average molecular weight is 514 g/mol.